The lowest BCUT2D eigenvalue weighted by atomic mass is 9.90. The lowest BCUT2D eigenvalue weighted by Crippen LogP contribution is -2.17. The Morgan fingerprint density at radius 2 is 2.00 bits per heavy atom. The van der Waals surface area contributed by atoms with E-state index in [0.29, 0.717) is 12.3 Å². The van der Waals surface area contributed by atoms with Crippen molar-refractivity contribution in [3.05, 3.63) is 24.3 Å². The van der Waals surface area contributed by atoms with Gasteiger partial charge in [-0.05, 0) is 44.4 Å². The highest BCUT2D eigenvalue weighted by Crippen LogP contribution is 2.36. The summed E-state index contributed by atoms with van der Waals surface area (Å²) >= 11 is 0. The van der Waals surface area contributed by atoms with Crippen LogP contribution in [0, 0.1) is 11.8 Å². The van der Waals surface area contributed by atoms with Crippen LogP contribution in [0.4, 0.5) is 0 Å². The van der Waals surface area contributed by atoms with Crippen LogP contribution in [0.5, 0.6) is 0 Å². The Morgan fingerprint density at radius 3 is 2.71 bits per heavy atom. The average Bonchev–Trinajstić information content (AvgIpc) is 2.89. The maximum absolute atomic E-state index is 10.5. The van der Waals surface area contributed by atoms with Crippen LogP contribution in [0.2, 0.25) is 0 Å². The number of aliphatic hydroxyl groups excluding tert-OH is 2. The minimum Gasteiger partial charge on any atom is -0.481 e. The van der Waals surface area contributed by atoms with Crippen molar-refractivity contribution in [3.63, 3.8) is 0 Å². The Kier molecular flexibility index (Phi) is 10.7. The smallest absolute Gasteiger partial charge is 0.303 e. The van der Waals surface area contributed by atoms with Crippen molar-refractivity contribution in [2.24, 2.45) is 11.8 Å². The Hall–Kier alpha value is -1.13. The minimum atomic E-state index is -0.745. The maximum atomic E-state index is 10.5. The molecule has 138 valence electrons. The molecule has 0 bridgehead atoms. The van der Waals surface area contributed by atoms with Crippen LogP contribution in [0.1, 0.15) is 71.1 Å². The molecule has 0 aliphatic heterocycles. The SMILES string of the molecule is CCCCC[C@H](O)/C=C/[C@@H]1[C@@H](C/C=C\CCCC(=O)O)CC[C@H]1O. The van der Waals surface area contributed by atoms with E-state index in [4.69, 9.17) is 5.11 Å². The van der Waals surface area contributed by atoms with E-state index >= 15 is 0 Å². The van der Waals surface area contributed by atoms with Crippen molar-refractivity contribution >= 4 is 5.97 Å². The van der Waals surface area contributed by atoms with E-state index in [1.165, 1.54) is 0 Å². The van der Waals surface area contributed by atoms with E-state index in [9.17, 15) is 15.0 Å². The second kappa shape index (κ2) is 12.3. The van der Waals surface area contributed by atoms with E-state index in [1.807, 2.05) is 18.2 Å². The van der Waals surface area contributed by atoms with Gasteiger partial charge in [0.1, 0.15) is 0 Å². The number of carbonyl (C=O) groups is 1. The standard InChI is InChI=1S/C20H34O4/c1-2-3-6-10-17(21)13-14-18-16(12-15-19(18)22)9-7-4-5-8-11-20(23)24/h4,7,13-14,16-19,21-22H,2-3,5-6,8-12,15H2,1H3,(H,23,24)/b7-4-,14-13+/t16-,17-,18+,19+/m0/s1. The molecule has 4 atom stereocenters. The average molecular weight is 338 g/mol. The van der Waals surface area contributed by atoms with E-state index in [-0.39, 0.29) is 18.4 Å². The molecule has 0 unspecified atom stereocenters. The van der Waals surface area contributed by atoms with Crippen LogP contribution in [0.15, 0.2) is 24.3 Å². The predicted octanol–water partition coefficient (Wildman–Crippen LogP) is 4.07. The van der Waals surface area contributed by atoms with Gasteiger partial charge in [-0.1, -0.05) is 50.5 Å². The molecule has 0 spiro atoms. The second-order valence-corrected chi connectivity index (χ2v) is 6.92. The quantitative estimate of drug-likeness (QED) is 0.370. The maximum Gasteiger partial charge on any atom is 0.303 e. The molecule has 0 radical (unpaired) electrons. The number of hydrogen-bond acceptors (Lipinski definition) is 3. The zero-order chi connectivity index (χ0) is 17.8. The van der Waals surface area contributed by atoms with Crippen LogP contribution >= 0.6 is 0 Å². The lowest BCUT2D eigenvalue weighted by molar-refractivity contribution is -0.137. The first-order chi connectivity index (χ1) is 11.5. The molecule has 4 heteroatoms. The minimum absolute atomic E-state index is 0.120. The molecule has 0 aromatic rings. The molecule has 4 nitrogen and oxygen atoms in total. The van der Waals surface area contributed by atoms with Crippen molar-refractivity contribution in [1.82, 2.24) is 0 Å². The summed E-state index contributed by atoms with van der Waals surface area (Å²) in [5.41, 5.74) is 0. The van der Waals surface area contributed by atoms with Crippen molar-refractivity contribution < 1.29 is 20.1 Å². The Balaban J connectivity index is 2.35. The summed E-state index contributed by atoms with van der Waals surface area (Å²) in [5, 5.41) is 28.8. The van der Waals surface area contributed by atoms with Gasteiger partial charge in [0.2, 0.25) is 0 Å². The molecule has 0 heterocycles. The largest absolute Gasteiger partial charge is 0.481 e. The van der Waals surface area contributed by atoms with Gasteiger partial charge in [0.25, 0.3) is 0 Å². The molecule has 1 rings (SSSR count). The number of carboxylic acids is 1. The third kappa shape index (κ3) is 8.65. The summed E-state index contributed by atoms with van der Waals surface area (Å²) in [5.74, 6) is -0.214. The first kappa shape index (κ1) is 20.9. The zero-order valence-corrected chi connectivity index (χ0v) is 14.9. The topological polar surface area (TPSA) is 77.8 Å². The molecule has 1 aliphatic carbocycles. The van der Waals surface area contributed by atoms with Crippen molar-refractivity contribution in [2.75, 3.05) is 0 Å². The molecule has 0 saturated heterocycles. The van der Waals surface area contributed by atoms with Crippen molar-refractivity contribution in [3.8, 4) is 0 Å². The van der Waals surface area contributed by atoms with Crippen LogP contribution in [-0.4, -0.2) is 33.5 Å². The highest BCUT2D eigenvalue weighted by atomic mass is 16.4. The molecule has 1 fully saturated rings. The molecular weight excluding hydrogens is 304 g/mol. The number of rotatable bonds is 12. The number of aliphatic carboxylic acids is 1. The van der Waals surface area contributed by atoms with Gasteiger partial charge >= 0.3 is 5.97 Å². The Labute approximate surface area is 146 Å². The van der Waals surface area contributed by atoms with Gasteiger partial charge in [-0.15, -0.1) is 0 Å². The van der Waals surface area contributed by atoms with Crippen LogP contribution in [0.25, 0.3) is 0 Å². The predicted molar refractivity (Wildman–Crippen MR) is 96.8 cm³/mol. The summed E-state index contributed by atoms with van der Waals surface area (Å²) < 4.78 is 0. The van der Waals surface area contributed by atoms with Gasteiger partial charge in [0.15, 0.2) is 0 Å². The normalized spacial score (nSPS) is 25.7. The highest BCUT2D eigenvalue weighted by Gasteiger charge is 2.32. The molecule has 1 saturated carbocycles. The van der Waals surface area contributed by atoms with Crippen LogP contribution in [0.3, 0.4) is 0 Å². The van der Waals surface area contributed by atoms with Crippen LogP contribution < -0.4 is 0 Å². The first-order valence-electron chi connectivity index (χ1n) is 9.45. The molecular formula is C20H34O4. The summed E-state index contributed by atoms with van der Waals surface area (Å²) in [4.78, 5) is 10.5. The van der Waals surface area contributed by atoms with Gasteiger partial charge < -0.3 is 15.3 Å². The lowest BCUT2D eigenvalue weighted by Gasteiger charge is -2.18. The summed E-state index contributed by atoms with van der Waals surface area (Å²) in [6, 6.07) is 0. The molecule has 1 aliphatic rings. The molecule has 0 aromatic heterocycles. The van der Waals surface area contributed by atoms with Gasteiger partial charge in [-0.2, -0.15) is 0 Å². The number of unbranched alkanes of at least 4 members (excludes halogenated alkanes) is 3. The highest BCUT2D eigenvalue weighted by molar-refractivity contribution is 5.66. The third-order valence-corrected chi connectivity index (χ3v) is 4.85. The number of hydrogen-bond donors (Lipinski definition) is 3. The summed E-state index contributed by atoms with van der Waals surface area (Å²) in [7, 11) is 0. The monoisotopic (exact) mass is 338 g/mol. The second-order valence-electron chi connectivity index (χ2n) is 6.92. The van der Waals surface area contributed by atoms with Gasteiger partial charge in [0.05, 0.1) is 12.2 Å². The fraction of sp³-hybridized carbons (Fsp3) is 0.750. The Morgan fingerprint density at radius 1 is 1.21 bits per heavy atom. The van der Waals surface area contributed by atoms with Crippen molar-refractivity contribution in [2.45, 2.75) is 83.3 Å². The van der Waals surface area contributed by atoms with E-state index in [1.54, 1.807) is 0 Å². The van der Waals surface area contributed by atoms with Gasteiger partial charge in [-0.3, -0.25) is 4.79 Å². The van der Waals surface area contributed by atoms with E-state index in [0.717, 1.165) is 51.4 Å². The van der Waals surface area contributed by atoms with Crippen LogP contribution in [-0.2, 0) is 4.79 Å². The van der Waals surface area contributed by atoms with Gasteiger partial charge in [-0.25, -0.2) is 0 Å². The third-order valence-electron chi connectivity index (χ3n) is 4.85. The Bertz CT molecular complexity index is 402. The number of allylic oxidation sites excluding steroid dienone is 2. The molecule has 0 amide bonds. The number of aliphatic hydroxyl groups is 2. The number of carboxylic acid groups (broad SMARTS) is 1. The fourth-order valence-corrected chi connectivity index (χ4v) is 3.36. The van der Waals surface area contributed by atoms with E-state index < -0.39 is 12.1 Å². The zero-order valence-electron chi connectivity index (χ0n) is 14.9. The molecule has 0 aromatic carbocycles. The van der Waals surface area contributed by atoms with Gasteiger partial charge in [0, 0.05) is 12.3 Å². The molecule has 3 N–H and O–H groups in total. The summed E-state index contributed by atoms with van der Waals surface area (Å²) in [6.45, 7) is 2.15. The van der Waals surface area contributed by atoms with Crippen molar-refractivity contribution in [1.29, 1.82) is 0 Å². The fourth-order valence-electron chi connectivity index (χ4n) is 3.36. The van der Waals surface area contributed by atoms with E-state index in [2.05, 4.69) is 13.0 Å². The summed E-state index contributed by atoms with van der Waals surface area (Å²) in [6.07, 6.45) is 15.9. The first-order valence-corrected chi connectivity index (χ1v) is 9.45. The molecule has 24 heavy (non-hydrogen) atoms.